The molecule has 0 spiro atoms. The first-order valence-electron chi connectivity index (χ1n) is 9.85. The van der Waals surface area contributed by atoms with Gasteiger partial charge in [-0.15, -0.1) is 0 Å². The quantitative estimate of drug-likeness (QED) is 0.644. The van der Waals surface area contributed by atoms with Gasteiger partial charge in [0.1, 0.15) is 22.9 Å². The largest absolute Gasteiger partial charge is 0.497 e. The number of benzene rings is 2. The van der Waals surface area contributed by atoms with Crippen LogP contribution in [0.15, 0.2) is 42.6 Å². The highest BCUT2D eigenvalue weighted by molar-refractivity contribution is 6.04. The lowest BCUT2D eigenvalue weighted by Crippen LogP contribution is -2.17. The van der Waals surface area contributed by atoms with Crippen LogP contribution in [0.5, 0.6) is 5.75 Å². The second-order valence-corrected chi connectivity index (χ2v) is 6.48. The van der Waals surface area contributed by atoms with Gasteiger partial charge in [0.25, 0.3) is 5.91 Å². The number of aryl methyl sites for hydroxylation is 2. The Labute approximate surface area is 174 Å². The van der Waals surface area contributed by atoms with Crippen molar-refractivity contribution >= 4 is 11.7 Å². The first-order valence-corrected chi connectivity index (χ1v) is 9.85. The first-order chi connectivity index (χ1) is 14.6. The zero-order valence-corrected chi connectivity index (χ0v) is 17.1. The summed E-state index contributed by atoms with van der Waals surface area (Å²) in [6.07, 6.45) is 3.79. The normalized spacial score (nSPS) is 11.9. The third-order valence-electron chi connectivity index (χ3n) is 4.70. The van der Waals surface area contributed by atoms with Crippen molar-refractivity contribution < 1.29 is 18.3 Å². The predicted octanol–water partition coefficient (Wildman–Crippen LogP) is 5.20. The van der Waals surface area contributed by atoms with E-state index < -0.39 is 23.1 Å². The van der Waals surface area contributed by atoms with Crippen LogP contribution in [0.3, 0.4) is 0 Å². The van der Waals surface area contributed by atoms with Crippen LogP contribution < -0.4 is 10.1 Å². The molecule has 0 fully saturated rings. The molecule has 3 aromatic rings. The van der Waals surface area contributed by atoms with Crippen molar-refractivity contribution in [3.63, 3.8) is 0 Å². The molecule has 0 saturated heterocycles. The molecule has 2 aromatic carbocycles. The molecule has 1 aliphatic rings. The third kappa shape index (κ3) is 4.30. The molecule has 1 aliphatic carbocycles. The van der Waals surface area contributed by atoms with E-state index in [0.717, 1.165) is 53.2 Å². The summed E-state index contributed by atoms with van der Waals surface area (Å²) < 4.78 is 32.9. The number of amides is 1. The van der Waals surface area contributed by atoms with Gasteiger partial charge in [-0.3, -0.25) is 9.78 Å². The summed E-state index contributed by atoms with van der Waals surface area (Å²) in [7, 11) is 1.62. The second kappa shape index (κ2) is 9.43. The molecule has 0 unspecified atom stereocenters. The number of nitrogens with zero attached hydrogens (tertiary/aromatic N) is 2. The molecular formula is C23H23F2N3O2. The molecule has 0 radical (unpaired) electrons. The Bertz CT molecular complexity index is 1050. The predicted molar refractivity (Wildman–Crippen MR) is 112 cm³/mol. The van der Waals surface area contributed by atoms with E-state index in [1.807, 2.05) is 32.0 Å². The van der Waals surface area contributed by atoms with Gasteiger partial charge in [0, 0.05) is 5.56 Å². The molecular weight excluding hydrogens is 388 g/mol. The number of ether oxygens (including phenoxy) is 1. The number of aromatic nitrogens is 2. The highest BCUT2D eigenvalue weighted by Crippen LogP contribution is 2.33. The molecule has 5 nitrogen and oxygen atoms in total. The molecule has 30 heavy (non-hydrogen) atoms. The van der Waals surface area contributed by atoms with Crippen LogP contribution in [0.4, 0.5) is 14.6 Å². The molecule has 0 atom stereocenters. The van der Waals surface area contributed by atoms with Gasteiger partial charge in [0.15, 0.2) is 5.82 Å². The van der Waals surface area contributed by atoms with E-state index >= 15 is 0 Å². The average Bonchev–Trinajstić information content (AvgIpc) is 2.93. The number of nitrogens with one attached hydrogen (secondary N) is 1. The lowest BCUT2D eigenvalue weighted by atomic mass is 10.0. The Balaban J connectivity index is 0.00000124. The van der Waals surface area contributed by atoms with Crippen LogP contribution in [0.2, 0.25) is 0 Å². The number of hydrogen-bond acceptors (Lipinski definition) is 4. The molecule has 0 aliphatic heterocycles. The van der Waals surface area contributed by atoms with Gasteiger partial charge in [-0.05, 0) is 55.2 Å². The number of halogens is 2. The third-order valence-corrected chi connectivity index (χ3v) is 4.70. The zero-order chi connectivity index (χ0) is 21.7. The van der Waals surface area contributed by atoms with Gasteiger partial charge in [0.2, 0.25) is 0 Å². The fourth-order valence-corrected chi connectivity index (χ4v) is 3.36. The van der Waals surface area contributed by atoms with Crippen LogP contribution in [0, 0.1) is 11.6 Å². The van der Waals surface area contributed by atoms with E-state index in [1.54, 1.807) is 7.11 Å². The standard InChI is InChI=1S/C21H17F2N3O2.C2H6/c1-28-13-8-9-14-12(10-13)4-2-7-17-20(14)24-11-18(25-17)26-21(27)19-15(22)5-3-6-16(19)23;1-2/h3,5-6,8-11H,2,4,7H2,1H3,(H,25,26,27);1-2H3. The highest BCUT2D eigenvalue weighted by atomic mass is 19.1. The fourth-order valence-electron chi connectivity index (χ4n) is 3.36. The first kappa shape index (κ1) is 21.4. The molecule has 1 heterocycles. The van der Waals surface area contributed by atoms with Crippen LogP contribution >= 0.6 is 0 Å². The summed E-state index contributed by atoms with van der Waals surface area (Å²) in [5.41, 5.74) is 2.93. The van der Waals surface area contributed by atoms with Crippen molar-refractivity contribution in [2.24, 2.45) is 0 Å². The maximum absolute atomic E-state index is 13.8. The number of anilines is 1. The van der Waals surface area contributed by atoms with Crippen LogP contribution in [-0.4, -0.2) is 23.0 Å². The topological polar surface area (TPSA) is 64.1 Å². The number of carbonyl (C=O) groups is 1. The van der Waals surface area contributed by atoms with E-state index in [2.05, 4.69) is 15.3 Å². The Hall–Kier alpha value is -3.35. The summed E-state index contributed by atoms with van der Waals surface area (Å²) in [5.74, 6) is -1.82. The summed E-state index contributed by atoms with van der Waals surface area (Å²) in [5, 5.41) is 2.44. The Kier molecular flexibility index (Phi) is 6.72. The fraction of sp³-hybridized carbons (Fsp3) is 0.261. The monoisotopic (exact) mass is 411 g/mol. The summed E-state index contributed by atoms with van der Waals surface area (Å²) in [4.78, 5) is 21.2. The smallest absolute Gasteiger partial charge is 0.262 e. The Morgan fingerprint density at radius 3 is 2.53 bits per heavy atom. The number of carbonyl (C=O) groups excluding carboxylic acids is 1. The lowest BCUT2D eigenvalue weighted by molar-refractivity contribution is 0.101. The van der Waals surface area contributed by atoms with Crippen molar-refractivity contribution in [1.82, 2.24) is 9.97 Å². The van der Waals surface area contributed by atoms with E-state index in [9.17, 15) is 13.6 Å². The molecule has 4 rings (SSSR count). The van der Waals surface area contributed by atoms with Crippen molar-refractivity contribution in [3.8, 4) is 17.0 Å². The zero-order valence-electron chi connectivity index (χ0n) is 17.1. The number of methoxy groups -OCH3 is 1. The van der Waals surface area contributed by atoms with Gasteiger partial charge < -0.3 is 10.1 Å². The Morgan fingerprint density at radius 1 is 1.10 bits per heavy atom. The molecule has 0 bridgehead atoms. The summed E-state index contributed by atoms with van der Waals surface area (Å²) >= 11 is 0. The maximum Gasteiger partial charge on any atom is 0.262 e. The maximum atomic E-state index is 13.8. The molecule has 0 saturated carbocycles. The van der Waals surface area contributed by atoms with Gasteiger partial charge in [-0.1, -0.05) is 19.9 Å². The van der Waals surface area contributed by atoms with Crippen molar-refractivity contribution in [3.05, 3.63) is 71.1 Å². The van der Waals surface area contributed by atoms with Crippen molar-refractivity contribution in [2.45, 2.75) is 33.1 Å². The van der Waals surface area contributed by atoms with Gasteiger partial charge in [0.05, 0.1) is 24.7 Å². The average molecular weight is 411 g/mol. The van der Waals surface area contributed by atoms with Gasteiger partial charge in [-0.25, -0.2) is 13.8 Å². The molecule has 1 aromatic heterocycles. The number of rotatable bonds is 3. The van der Waals surface area contributed by atoms with E-state index in [0.29, 0.717) is 6.42 Å². The van der Waals surface area contributed by atoms with Gasteiger partial charge in [-0.2, -0.15) is 0 Å². The second-order valence-electron chi connectivity index (χ2n) is 6.48. The Morgan fingerprint density at radius 2 is 1.83 bits per heavy atom. The molecule has 7 heteroatoms. The number of hydrogen-bond donors (Lipinski definition) is 1. The van der Waals surface area contributed by atoms with E-state index in [-0.39, 0.29) is 5.82 Å². The van der Waals surface area contributed by atoms with Crippen molar-refractivity contribution in [1.29, 1.82) is 0 Å². The van der Waals surface area contributed by atoms with E-state index in [4.69, 9.17) is 4.74 Å². The minimum atomic E-state index is -0.928. The van der Waals surface area contributed by atoms with Crippen LogP contribution in [0.25, 0.3) is 11.3 Å². The molecule has 1 N–H and O–H groups in total. The minimum Gasteiger partial charge on any atom is -0.497 e. The summed E-state index contributed by atoms with van der Waals surface area (Å²) in [6.45, 7) is 4.00. The number of fused-ring (bicyclic) bond motifs is 3. The minimum absolute atomic E-state index is 0.156. The van der Waals surface area contributed by atoms with Crippen molar-refractivity contribution in [2.75, 3.05) is 12.4 Å². The summed E-state index contributed by atoms with van der Waals surface area (Å²) in [6, 6.07) is 9.07. The molecule has 1 amide bonds. The SMILES string of the molecule is CC.COc1ccc2c(c1)CCCc1nc(NC(=O)c3c(F)cccc3F)cnc1-2. The molecule has 156 valence electrons. The lowest BCUT2D eigenvalue weighted by Gasteiger charge is -2.11. The van der Waals surface area contributed by atoms with Crippen LogP contribution in [-0.2, 0) is 12.8 Å². The van der Waals surface area contributed by atoms with Crippen LogP contribution in [0.1, 0.15) is 41.9 Å². The van der Waals surface area contributed by atoms with Gasteiger partial charge >= 0.3 is 0 Å². The van der Waals surface area contributed by atoms with E-state index in [1.165, 1.54) is 12.3 Å². The highest BCUT2D eigenvalue weighted by Gasteiger charge is 2.21.